The molecule has 0 aliphatic carbocycles. The zero-order valence-electron chi connectivity index (χ0n) is 8.97. The molecule has 1 heterocycles. The predicted octanol–water partition coefficient (Wildman–Crippen LogP) is 2.20. The number of nitrogens with two attached hydrogens (primary N) is 1. The molecule has 0 saturated heterocycles. The van der Waals surface area contributed by atoms with Crippen LogP contribution in [0.4, 0.5) is 5.69 Å². The summed E-state index contributed by atoms with van der Waals surface area (Å²) in [4.78, 5) is 16.0. The van der Waals surface area contributed by atoms with Crippen molar-refractivity contribution in [3.8, 4) is 0 Å². The van der Waals surface area contributed by atoms with Crippen LogP contribution in [0.3, 0.4) is 0 Å². The SMILES string of the molecule is Cc1ccc(C(=O)c2ccc(N)cn2)cc1. The molecule has 0 amide bonds. The standard InChI is InChI=1S/C13H12N2O/c1-9-2-4-10(5-3-9)13(16)12-7-6-11(14)8-15-12/h2-8H,14H2,1H3. The highest BCUT2D eigenvalue weighted by Crippen LogP contribution is 2.10. The zero-order valence-corrected chi connectivity index (χ0v) is 8.97. The zero-order chi connectivity index (χ0) is 11.5. The van der Waals surface area contributed by atoms with E-state index in [4.69, 9.17) is 5.73 Å². The van der Waals surface area contributed by atoms with E-state index in [2.05, 4.69) is 4.98 Å². The quantitative estimate of drug-likeness (QED) is 0.776. The van der Waals surface area contributed by atoms with Crippen LogP contribution >= 0.6 is 0 Å². The summed E-state index contributed by atoms with van der Waals surface area (Å²) in [7, 11) is 0. The second kappa shape index (κ2) is 4.14. The van der Waals surface area contributed by atoms with Crippen molar-refractivity contribution in [2.45, 2.75) is 6.92 Å². The number of rotatable bonds is 2. The summed E-state index contributed by atoms with van der Waals surface area (Å²) in [6.45, 7) is 1.98. The molecule has 2 rings (SSSR count). The fourth-order valence-corrected chi connectivity index (χ4v) is 1.39. The van der Waals surface area contributed by atoms with E-state index in [1.54, 1.807) is 24.3 Å². The summed E-state index contributed by atoms with van der Waals surface area (Å²) < 4.78 is 0. The fraction of sp³-hybridized carbons (Fsp3) is 0.0769. The van der Waals surface area contributed by atoms with Gasteiger partial charge in [-0.3, -0.25) is 9.78 Å². The van der Waals surface area contributed by atoms with Crippen LogP contribution in [-0.4, -0.2) is 10.8 Å². The number of ketones is 1. The van der Waals surface area contributed by atoms with Gasteiger partial charge in [-0.1, -0.05) is 29.8 Å². The maximum atomic E-state index is 12.0. The minimum atomic E-state index is -0.0833. The first kappa shape index (κ1) is 10.4. The fourth-order valence-electron chi connectivity index (χ4n) is 1.39. The Morgan fingerprint density at radius 3 is 2.38 bits per heavy atom. The Bertz CT molecular complexity index is 453. The van der Waals surface area contributed by atoms with Crippen molar-refractivity contribution in [2.75, 3.05) is 5.73 Å². The lowest BCUT2D eigenvalue weighted by Gasteiger charge is -2.01. The van der Waals surface area contributed by atoms with Gasteiger partial charge in [0.15, 0.2) is 0 Å². The van der Waals surface area contributed by atoms with Gasteiger partial charge in [-0.05, 0) is 19.1 Å². The number of nitrogen functional groups attached to an aromatic ring is 1. The van der Waals surface area contributed by atoms with Gasteiger partial charge in [0.1, 0.15) is 5.69 Å². The first-order valence-corrected chi connectivity index (χ1v) is 5.00. The smallest absolute Gasteiger partial charge is 0.211 e. The highest BCUT2D eigenvalue weighted by Gasteiger charge is 2.09. The summed E-state index contributed by atoms with van der Waals surface area (Å²) in [5, 5.41) is 0. The monoisotopic (exact) mass is 212 g/mol. The molecule has 0 spiro atoms. The molecule has 16 heavy (non-hydrogen) atoms. The molecule has 3 nitrogen and oxygen atoms in total. The number of benzene rings is 1. The maximum absolute atomic E-state index is 12.0. The highest BCUT2D eigenvalue weighted by atomic mass is 16.1. The number of carbonyl (C=O) groups is 1. The van der Waals surface area contributed by atoms with E-state index in [1.807, 2.05) is 19.1 Å². The number of hydrogen-bond acceptors (Lipinski definition) is 3. The van der Waals surface area contributed by atoms with Gasteiger partial charge < -0.3 is 5.73 Å². The number of aryl methyl sites for hydroxylation is 1. The summed E-state index contributed by atoms with van der Waals surface area (Å²) in [6.07, 6.45) is 1.49. The topological polar surface area (TPSA) is 56.0 Å². The lowest BCUT2D eigenvalue weighted by molar-refractivity contribution is 0.103. The van der Waals surface area contributed by atoms with Crippen molar-refractivity contribution in [3.05, 3.63) is 59.4 Å². The van der Waals surface area contributed by atoms with Crippen LogP contribution in [0.25, 0.3) is 0 Å². The van der Waals surface area contributed by atoms with Crippen LogP contribution < -0.4 is 5.73 Å². The number of pyridine rings is 1. The first-order valence-electron chi connectivity index (χ1n) is 5.00. The van der Waals surface area contributed by atoms with Crippen molar-refractivity contribution < 1.29 is 4.79 Å². The van der Waals surface area contributed by atoms with Crippen LogP contribution in [0.2, 0.25) is 0 Å². The van der Waals surface area contributed by atoms with E-state index in [1.165, 1.54) is 6.20 Å². The lowest BCUT2D eigenvalue weighted by Crippen LogP contribution is -2.04. The largest absolute Gasteiger partial charge is 0.397 e. The van der Waals surface area contributed by atoms with Crippen LogP contribution in [0.5, 0.6) is 0 Å². The molecule has 0 unspecified atom stereocenters. The van der Waals surface area contributed by atoms with Crippen molar-refractivity contribution in [1.82, 2.24) is 4.98 Å². The third-order valence-electron chi connectivity index (χ3n) is 2.33. The third-order valence-corrected chi connectivity index (χ3v) is 2.33. The molecule has 80 valence electrons. The third kappa shape index (κ3) is 2.08. The molecule has 2 N–H and O–H groups in total. The Labute approximate surface area is 93.9 Å². The Balaban J connectivity index is 2.32. The number of anilines is 1. The molecule has 0 aliphatic rings. The summed E-state index contributed by atoms with van der Waals surface area (Å²) in [5.41, 5.74) is 8.25. The molecule has 3 heteroatoms. The van der Waals surface area contributed by atoms with Gasteiger partial charge in [0.05, 0.1) is 11.9 Å². The Morgan fingerprint density at radius 2 is 1.81 bits per heavy atom. The minimum absolute atomic E-state index is 0.0833. The number of carbonyl (C=O) groups excluding carboxylic acids is 1. The van der Waals surface area contributed by atoms with Crippen molar-refractivity contribution in [3.63, 3.8) is 0 Å². The van der Waals surface area contributed by atoms with E-state index in [0.29, 0.717) is 16.9 Å². The van der Waals surface area contributed by atoms with Crippen LogP contribution in [-0.2, 0) is 0 Å². The van der Waals surface area contributed by atoms with Gasteiger partial charge in [-0.25, -0.2) is 0 Å². The van der Waals surface area contributed by atoms with E-state index < -0.39 is 0 Å². The van der Waals surface area contributed by atoms with E-state index in [9.17, 15) is 4.79 Å². The Kier molecular flexibility index (Phi) is 2.68. The number of nitrogens with zero attached hydrogens (tertiary/aromatic N) is 1. The van der Waals surface area contributed by atoms with Crippen molar-refractivity contribution in [2.24, 2.45) is 0 Å². The van der Waals surface area contributed by atoms with Gasteiger partial charge in [0.25, 0.3) is 0 Å². The van der Waals surface area contributed by atoms with Gasteiger partial charge in [0.2, 0.25) is 5.78 Å². The second-order valence-corrected chi connectivity index (χ2v) is 3.67. The molecular weight excluding hydrogens is 200 g/mol. The predicted molar refractivity (Wildman–Crippen MR) is 63.3 cm³/mol. The Hall–Kier alpha value is -2.16. The maximum Gasteiger partial charge on any atom is 0.211 e. The summed E-state index contributed by atoms with van der Waals surface area (Å²) in [6, 6.07) is 10.7. The van der Waals surface area contributed by atoms with Gasteiger partial charge >= 0.3 is 0 Å². The summed E-state index contributed by atoms with van der Waals surface area (Å²) in [5.74, 6) is -0.0833. The molecular formula is C13H12N2O. The van der Waals surface area contributed by atoms with Crippen LogP contribution in [0.1, 0.15) is 21.6 Å². The second-order valence-electron chi connectivity index (χ2n) is 3.67. The van der Waals surface area contributed by atoms with Crippen LogP contribution in [0.15, 0.2) is 42.6 Å². The summed E-state index contributed by atoms with van der Waals surface area (Å²) >= 11 is 0. The van der Waals surface area contributed by atoms with E-state index >= 15 is 0 Å². The van der Waals surface area contributed by atoms with Gasteiger partial charge in [-0.2, -0.15) is 0 Å². The number of aromatic nitrogens is 1. The minimum Gasteiger partial charge on any atom is -0.397 e. The average molecular weight is 212 g/mol. The first-order chi connectivity index (χ1) is 7.66. The van der Waals surface area contributed by atoms with Gasteiger partial charge in [-0.15, -0.1) is 0 Å². The highest BCUT2D eigenvalue weighted by molar-refractivity contribution is 6.07. The average Bonchev–Trinajstić information content (AvgIpc) is 2.30. The molecule has 1 aromatic carbocycles. The Morgan fingerprint density at radius 1 is 1.12 bits per heavy atom. The molecule has 0 bridgehead atoms. The van der Waals surface area contributed by atoms with E-state index in [0.717, 1.165) is 5.56 Å². The van der Waals surface area contributed by atoms with Crippen molar-refractivity contribution in [1.29, 1.82) is 0 Å². The number of hydrogen-bond donors (Lipinski definition) is 1. The van der Waals surface area contributed by atoms with Crippen LogP contribution in [0, 0.1) is 6.92 Å². The van der Waals surface area contributed by atoms with Crippen molar-refractivity contribution >= 4 is 11.5 Å². The van der Waals surface area contributed by atoms with E-state index in [-0.39, 0.29) is 5.78 Å². The van der Waals surface area contributed by atoms with Gasteiger partial charge in [0, 0.05) is 5.56 Å². The lowest BCUT2D eigenvalue weighted by atomic mass is 10.1. The molecule has 0 radical (unpaired) electrons. The molecule has 0 saturated carbocycles. The molecule has 0 fully saturated rings. The molecule has 0 atom stereocenters. The molecule has 2 aromatic rings. The molecule has 1 aromatic heterocycles. The molecule has 0 aliphatic heterocycles. The normalized spacial score (nSPS) is 10.1.